The smallest absolute Gasteiger partial charge is 0.127 e. The van der Waals surface area contributed by atoms with E-state index in [4.69, 9.17) is 10.5 Å². The van der Waals surface area contributed by atoms with Gasteiger partial charge in [-0.1, -0.05) is 30.3 Å². The second-order valence-electron chi connectivity index (χ2n) is 5.52. The molecule has 1 aliphatic rings. The second-order valence-corrected chi connectivity index (χ2v) is 5.52. The van der Waals surface area contributed by atoms with E-state index in [1.165, 1.54) is 5.56 Å². The van der Waals surface area contributed by atoms with Crippen LogP contribution < -0.4 is 15.8 Å². The van der Waals surface area contributed by atoms with Crippen LogP contribution in [0.25, 0.3) is 0 Å². The monoisotopic (exact) mass is 268 g/mol. The summed E-state index contributed by atoms with van der Waals surface area (Å²) in [5, 5.41) is 3.41. The summed E-state index contributed by atoms with van der Waals surface area (Å²) in [4.78, 5) is 0. The minimum Gasteiger partial charge on any atom is -0.457 e. The van der Waals surface area contributed by atoms with Crippen LogP contribution in [0.1, 0.15) is 18.4 Å². The molecule has 20 heavy (non-hydrogen) atoms. The van der Waals surface area contributed by atoms with E-state index in [-0.39, 0.29) is 5.54 Å². The van der Waals surface area contributed by atoms with Crippen LogP contribution in [0, 0.1) is 0 Å². The van der Waals surface area contributed by atoms with Gasteiger partial charge in [-0.15, -0.1) is 0 Å². The summed E-state index contributed by atoms with van der Waals surface area (Å²) in [6.07, 6.45) is 2.29. The molecule has 3 N–H and O–H groups in total. The molecule has 104 valence electrons. The van der Waals surface area contributed by atoms with Crippen LogP contribution >= 0.6 is 0 Å². The Labute approximate surface area is 119 Å². The lowest BCUT2D eigenvalue weighted by molar-refractivity contribution is 0.482. The van der Waals surface area contributed by atoms with E-state index in [2.05, 4.69) is 17.4 Å². The van der Waals surface area contributed by atoms with Crippen molar-refractivity contribution in [2.45, 2.75) is 24.9 Å². The van der Waals surface area contributed by atoms with Crippen molar-refractivity contribution in [3.8, 4) is 11.5 Å². The summed E-state index contributed by atoms with van der Waals surface area (Å²) in [5.41, 5.74) is 7.35. The lowest BCUT2D eigenvalue weighted by atomic mass is 10.2. The zero-order valence-corrected chi connectivity index (χ0v) is 11.5. The van der Waals surface area contributed by atoms with E-state index in [1.54, 1.807) is 0 Å². The van der Waals surface area contributed by atoms with Gasteiger partial charge in [-0.25, -0.2) is 0 Å². The third-order valence-electron chi connectivity index (χ3n) is 3.60. The Morgan fingerprint density at radius 2 is 1.60 bits per heavy atom. The van der Waals surface area contributed by atoms with E-state index >= 15 is 0 Å². The molecule has 0 aliphatic heterocycles. The molecular formula is C17H20N2O. The van der Waals surface area contributed by atoms with Gasteiger partial charge in [-0.05, 0) is 42.7 Å². The molecule has 2 aromatic rings. The first-order chi connectivity index (χ1) is 9.73. The molecule has 0 bridgehead atoms. The van der Waals surface area contributed by atoms with Gasteiger partial charge < -0.3 is 15.8 Å². The molecule has 0 heterocycles. The molecule has 0 unspecified atom stereocenters. The largest absolute Gasteiger partial charge is 0.457 e. The van der Waals surface area contributed by atoms with Crippen LogP contribution in [-0.2, 0) is 6.54 Å². The predicted molar refractivity (Wildman–Crippen MR) is 80.8 cm³/mol. The van der Waals surface area contributed by atoms with Crippen molar-refractivity contribution in [3.63, 3.8) is 0 Å². The Morgan fingerprint density at radius 1 is 0.950 bits per heavy atom. The topological polar surface area (TPSA) is 47.3 Å². The molecule has 1 aliphatic carbocycles. The molecule has 3 heteroatoms. The summed E-state index contributed by atoms with van der Waals surface area (Å²) in [5.74, 6) is 1.72. The van der Waals surface area contributed by atoms with Crippen LogP contribution in [0.4, 0.5) is 0 Å². The van der Waals surface area contributed by atoms with E-state index in [0.29, 0.717) is 0 Å². The van der Waals surface area contributed by atoms with Crippen LogP contribution in [0.5, 0.6) is 11.5 Å². The van der Waals surface area contributed by atoms with Gasteiger partial charge >= 0.3 is 0 Å². The van der Waals surface area contributed by atoms with E-state index < -0.39 is 0 Å². The Morgan fingerprint density at radius 3 is 2.25 bits per heavy atom. The molecule has 3 rings (SSSR count). The average Bonchev–Trinajstić information content (AvgIpc) is 3.20. The van der Waals surface area contributed by atoms with Crippen molar-refractivity contribution in [3.05, 3.63) is 60.2 Å². The summed E-state index contributed by atoms with van der Waals surface area (Å²) in [6, 6.07) is 18.0. The molecule has 3 nitrogen and oxygen atoms in total. The summed E-state index contributed by atoms with van der Waals surface area (Å²) >= 11 is 0. The summed E-state index contributed by atoms with van der Waals surface area (Å²) in [7, 11) is 0. The fourth-order valence-corrected chi connectivity index (χ4v) is 2.09. The molecule has 1 fully saturated rings. The van der Waals surface area contributed by atoms with Crippen molar-refractivity contribution in [1.82, 2.24) is 5.32 Å². The van der Waals surface area contributed by atoms with E-state index in [9.17, 15) is 0 Å². The third-order valence-corrected chi connectivity index (χ3v) is 3.60. The number of nitrogens with one attached hydrogen (secondary N) is 1. The molecule has 1 saturated carbocycles. The van der Waals surface area contributed by atoms with Gasteiger partial charge in [0.1, 0.15) is 11.5 Å². The average molecular weight is 268 g/mol. The van der Waals surface area contributed by atoms with Crippen LogP contribution in [0.2, 0.25) is 0 Å². The van der Waals surface area contributed by atoms with Crippen molar-refractivity contribution in [2.24, 2.45) is 5.73 Å². The zero-order chi connectivity index (χ0) is 13.8. The van der Waals surface area contributed by atoms with Gasteiger partial charge in [-0.3, -0.25) is 0 Å². The minimum atomic E-state index is 0.0658. The van der Waals surface area contributed by atoms with Crippen molar-refractivity contribution in [1.29, 1.82) is 0 Å². The number of benzene rings is 2. The zero-order valence-electron chi connectivity index (χ0n) is 11.5. The standard InChI is InChI=1S/C17H20N2O/c18-17(10-11-17)13-19-12-14-6-8-16(9-7-14)20-15-4-2-1-3-5-15/h1-9,19H,10-13,18H2. The maximum Gasteiger partial charge on any atom is 0.127 e. The molecule has 0 aromatic heterocycles. The molecule has 0 spiro atoms. The fourth-order valence-electron chi connectivity index (χ4n) is 2.09. The number of nitrogens with two attached hydrogens (primary N) is 1. The van der Waals surface area contributed by atoms with Gasteiger partial charge in [0.15, 0.2) is 0 Å². The summed E-state index contributed by atoms with van der Waals surface area (Å²) in [6.45, 7) is 1.75. The Hall–Kier alpha value is -1.84. The Bertz CT molecular complexity index is 547. The maximum atomic E-state index is 6.04. The minimum absolute atomic E-state index is 0.0658. The highest BCUT2D eigenvalue weighted by Gasteiger charge is 2.37. The van der Waals surface area contributed by atoms with Gasteiger partial charge in [0.25, 0.3) is 0 Å². The molecule has 0 atom stereocenters. The van der Waals surface area contributed by atoms with Gasteiger partial charge in [0.2, 0.25) is 0 Å². The third kappa shape index (κ3) is 3.59. The summed E-state index contributed by atoms with van der Waals surface area (Å²) < 4.78 is 5.76. The van der Waals surface area contributed by atoms with Gasteiger partial charge in [0, 0.05) is 18.6 Å². The Balaban J connectivity index is 1.51. The lowest BCUT2D eigenvalue weighted by Gasteiger charge is -2.11. The number of ether oxygens (including phenoxy) is 1. The maximum absolute atomic E-state index is 6.04. The quantitative estimate of drug-likeness (QED) is 0.846. The highest BCUT2D eigenvalue weighted by molar-refractivity contribution is 5.32. The van der Waals surface area contributed by atoms with Crippen molar-refractivity contribution < 1.29 is 4.74 Å². The Kier molecular flexibility index (Phi) is 3.72. The number of para-hydroxylation sites is 1. The highest BCUT2D eigenvalue weighted by Crippen LogP contribution is 2.31. The highest BCUT2D eigenvalue weighted by atomic mass is 16.5. The predicted octanol–water partition coefficient (Wildman–Crippen LogP) is 3.06. The van der Waals surface area contributed by atoms with Crippen molar-refractivity contribution in [2.75, 3.05) is 6.54 Å². The molecule has 0 saturated heterocycles. The second kappa shape index (κ2) is 5.65. The first-order valence-corrected chi connectivity index (χ1v) is 7.05. The lowest BCUT2D eigenvalue weighted by Crippen LogP contribution is -2.35. The molecule has 0 radical (unpaired) electrons. The molecule has 2 aromatic carbocycles. The number of hydrogen-bond donors (Lipinski definition) is 2. The van der Waals surface area contributed by atoms with E-state index in [1.807, 2.05) is 42.5 Å². The molecule has 0 amide bonds. The van der Waals surface area contributed by atoms with Gasteiger partial charge in [-0.2, -0.15) is 0 Å². The normalized spacial score (nSPS) is 15.8. The fraction of sp³-hybridized carbons (Fsp3) is 0.294. The van der Waals surface area contributed by atoms with Crippen molar-refractivity contribution >= 4 is 0 Å². The molecular weight excluding hydrogens is 248 g/mol. The van der Waals surface area contributed by atoms with Gasteiger partial charge in [0.05, 0.1) is 0 Å². The van der Waals surface area contributed by atoms with Crippen LogP contribution in [-0.4, -0.2) is 12.1 Å². The first-order valence-electron chi connectivity index (χ1n) is 7.05. The number of rotatable bonds is 6. The number of hydrogen-bond acceptors (Lipinski definition) is 3. The van der Waals surface area contributed by atoms with Crippen LogP contribution in [0.3, 0.4) is 0 Å². The van der Waals surface area contributed by atoms with E-state index in [0.717, 1.165) is 37.4 Å². The van der Waals surface area contributed by atoms with Crippen LogP contribution in [0.15, 0.2) is 54.6 Å². The first kappa shape index (κ1) is 13.2. The SMILES string of the molecule is NC1(CNCc2ccc(Oc3ccccc3)cc2)CC1.